The molecule has 0 aliphatic rings. The summed E-state index contributed by atoms with van der Waals surface area (Å²) < 4.78 is 0. The lowest BCUT2D eigenvalue weighted by Gasteiger charge is -2.13. The van der Waals surface area contributed by atoms with E-state index < -0.39 is 11.9 Å². The molecule has 0 aromatic heterocycles. The van der Waals surface area contributed by atoms with Gasteiger partial charge in [-0.2, -0.15) is 0 Å². The highest BCUT2D eigenvalue weighted by Gasteiger charge is 2.12. The van der Waals surface area contributed by atoms with E-state index >= 15 is 0 Å². The van der Waals surface area contributed by atoms with Gasteiger partial charge in [0.25, 0.3) is 0 Å². The van der Waals surface area contributed by atoms with Crippen molar-refractivity contribution in [1.29, 1.82) is 0 Å². The standard InChI is InChI=1S/C9H17NO4/c1-7(9(12)13)5-4-6-8(11)10(2)14-3/h7H,4-6H2,1-3H3,(H,12,13)/t7-/m1/s1. The lowest BCUT2D eigenvalue weighted by atomic mass is 10.0. The minimum absolute atomic E-state index is 0.134. The predicted molar refractivity (Wildman–Crippen MR) is 50.4 cm³/mol. The Labute approximate surface area is 83.6 Å². The zero-order chi connectivity index (χ0) is 11.1. The molecule has 14 heavy (non-hydrogen) atoms. The van der Waals surface area contributed by atoms with Crippen LogP contribution in [0.4, 0.5) is 0 Å². The zero-order valence-electron chi connectivity index (χ0n) is 8.82. The van der Waals surface area contributed by atoms with Crippen LogP contribution >= 0.6 is 0 Å². The highest BCUT2D eigenvalue weighted by molar-refractivity contribution is 5.74. The molecule has 5 nitrogen and oxygen atoms in total. The van der Waals surface area contributed by atoms with Gasteiger partial charge in [-0.25, -0.2) is 5.06 Å². The molecule has 0 aromatic rings. The quantitative estimate of drug-likeness (QED) is 0.651. The number of carbonyl (C=O) groups is 2. The van der Waals surface area contributed by atoms with Crippen molar-refractivity contribution in [2.24, 2.45) is 5.92 Å². The molecule has 0 saturated heterocycles. The maximum absolute atomic E-state index is 11.2. The molecule has 0 aromatic carbocycles. The summed E-state index contributed by atoms with van der Waals surface area (Å²) >= 11 is 0. The molecule has 0 bridgehead atoms. The monoisotopic (exact) mass is 203 g/mol. The highest BCUT2D eigenvalue weighted by Crippen LogP contribution is 2.08. The van der Waals surface area contributed by atoms with Crippen LogP contribution in [0, 0.1) is 5.92 Å². The summed E-state index contributed by atoms with van der Waals surface area (Å²) in [6.45, 7) is 1.63. The SMILES string of the molecule is CON(C)C(=O)CCC[C@@H](C)C(=O)O. The van der Waals surface area contributed by atoms with Crippen LogP contribution in [0.1, 0.15) is 26.2 Å². The van der Waals surface area contributed by atoms with Crippen molar-refractivity contribution in [3.63, 3.8) is 0 Å². The molecular formula is C9H17NO4. The van der Waals surface area contributed by atoms with Gasteiger partial charge < -0.3 is 5.11 Å². The maximum atomic E-state index is 11.2. The van der Waals surface area contributed by atoms with Crippen molar-refractivity contribution in [2.75, 3.05) is 14.2 Å². The van der Waals surface area contributed by atoms with E-state index in [0.29, 0.717) is 19.3 Å². The minimum atomic E-state index is -0.822. The minimum Gasteiger partial charge on any atom is -0.481 e. The summed E-state index contributed by atoms with van der Waals surface area (Å²) in [7, 11) is 2.95. The second-order valence-electron chi connectivity index (χ2n) is 3.21. The van der Waals surface area contributed by atoms with Crippen LogP contribution in [0.3, 0.4) is 0 Å². The van der Waals surface area contributed by atoms with Crippen LogP contribution in [0.5, 0.6) is 0 Å². The van der Waals surface area contributed by atoms with Gasteiger partial charge in [0.2, 0.25) is 5.91 Å². The molecule has 1 amide bonds. The third-order valence-electron chi connectivity index (χ3n) is 2.07. The normalized spacial score (nSPS) is 12.2. The van der Waals surface area contributed by atoms with Gasteiger partial charge in [0.1, 0.15) is 0 Å². The molecule has 0 radical (unpaired) electrons. The van der Waals surface area contributed by atoms with Gasteiger partial charge in [-0.15, -0.1) is 0 Å². The highest BCUT2D eigenvalue weighted by atomic mass is 16.7. The van der Waals surface area contributed by atoms with E-state index in [1.807, 2.05) is 0 Å². The first-order valence-corrected chi connectivity index (χ1v) is 4.52. The zero-order valence-corrected chi connectivity index (χ0v) is 8.82. The second kappa shape index (κ2) is 6.37. The van der Waals surface area contributed by atoms with Crippen LogP contribution < -0.4 is 0 Å². The third-order valence-corrected chi connectivity index (χ3v) is 2.07. The Kier molecular flexibility index (Phi) is 5.87. The van der Waals surface area contributed by atoms with Gasteiger partial charge in [-0.05, 0) is 12.8 Å². The van der Waals surface area contributed by atoms with Gasteiger partial charge in [0, 0.05) is 13.5 Å². The van der Waals surface area contributed by atoms with E-state index in [0.717, 1.165) is 5.06 Å². The van der Waals surface area contributed by atoms with E-state index in [1.54, 1.807) is 6.92 Å². The van der Waals surface area contributed by atoms with Crippen LogP contribution in [-0.2, 0) is 14.4 Å². The molecule has 0 rings (SSSR count). The summed E-state index contributed by atoms with van der Waals surface area (Å²) in [5.74, 6) is -1.35. The Morgan fingerprint density at radius 3 is 2.50 bits per heavy atom. The first-order valence-electron chi connectivity index (χ1n) is 4.52. The lowest BCUT2D eigenvalue weighted by molar-refractivity contribution is -0.168. The van der Waals surface area contributed by atoms with E-state index in [2.05, 4.69) is 4.84 Å². The second-order valence-corrected chi connectivity index (χ2v) is 3.21. The van der Waals surface area contributed by atoms with Crippen LogP contribution in [0.2, 0.25) is 0 Å². The number of hydrogen-bond donors (Lipinski definition) is 1. The van der Waals surface area contributed by atoms with Gasteiger partial charge in [-0.3, -0.25) is 14.4 Å². The van der Waals surface area contributed by atoms with E-state index in [-0.39, 0.29) is 5.91 Å². The molecule has 0 spiro atoms. The smallest absolute Gasteiger partial charge is 0.306 e. The number of nitrogens with zero attached hydrogens (tertiary/aromatic N) is 1. The Morgan fingerprint density at radius 1 is 1.50 bits per heavy atom. The Hall–Kier alpha value is -1.10. The fourth-order valence-corrected chi connectivity index (χ4v) is 0.942. The fraction of sp³-hybridized carbons (Fsp3) is 0.778. The summed E-state index contributed by atoms with van der Waals surface area (Å²) in [5.41, 5.74) is 0. The van der Waals surface area contributed by atoms with Crippen molar-refractivity contribution in [3.05, 3.63) is 0 Å². The number of amides is 1. The lowest BCUT2D eigenvalue weighted by Crippen LogP contribution is -2.25. The summed E-state index contributed by atoms with van der Waals surface area (Å²) in [6, 6.07) is 0. The molecule has 0 aliphatic carbocycles. The van der Waals surface area contributed by atoms with Gasteiger partial charge in [-0.1, -0.05) is 6.92 Å². The van der Waals surface area contributed by atoms with Gasteiger partial charge in [0.15, 0.2) is 0 Å². The van der Waals surface area contributed by atoms with Gasteiger partial charge in [0.05, 0.1) is 13.0 Å². The number of hydroxylamine groups is 2. The summed E-state index contributed by atoms with van der Waals surface area (Å²) in [5, 5.41) is 9.73. The Morgan fingerprint density at radius 2 is 2.07 bits per heavy atom. The van der Waals surface area contributed by atoms with Crippen LogP contribution in [-0.4, -0.2) is 36.2 Å². The molecule has 0 unspecified atom stereocenters. The fourth-order valence-electron chi connectivity index (χ4n) is 0.942. The first-order chi connectivity index (χ1) is 6.49. The van der Waals surface area contributed by atoms with Crippen molar-refractivity contribution in [3.8, 4) is 0 Å². The largest absolute Gasteiger partial charge is 0.481 e. The number of carboxylic acids is 1. The molecule has 0 fully saturated rings. The first kappa shape index (κ1) is 12.9. The molecule has 82 valence electrons. The number of carboxylic acid groups (broad SMARTS) is 1. The molecule has 0 heterocycles. The Bertz CT molecular complexity index is 205. The molecule has 1 N–H and O–H groups in total. The van der Waals surface area contributed by atoms with Crippen LogP contribution in [0.25, 0.3) is 0 Å². The summed E-state index contributed by atoms with van der Waals surface area (Å²) in [4.78, 5) is 26.3. The maximum Gasteiger partial charge on any atom is 0.306 e. The number of carbonyl (C=O) groups excluding carboxylic acids is 1. The van der Waals surface area contributed by atoms with Crippen molar-refractivity contribution in [1.82, 2.24) is 5.06 Å². The average Bonchev–Trinajstić information content (AvgIpc) is 2.15. The molecule has 0 saturated carbocycles. The van der Waals surface area contributed by atoms with Gasteiger partial charge >= 0.3 is 5.97 Å². The number of rotatable bonds is 6. The van der Waals surface area contributed by atoms with E-state index in [4.69, 9.17) is 5.11 Å². The predicted octanol–water partition coefficient (Wildman–Crippen LogP) is 0.897. The van der Waals surface area contributed by atoms with Crippen molar-refractivity contribution in [2.45, 2.75) is 26.2 Å². The number of hydrogen-bond acceptors (Lipinski definition) is 3. The third kappa shape index (κ3) is 4.81. The summed E-state index contributed by atoms with van der Waals surface area (Å²) in [6.07, 6.45) is 1.40. The van der Waals surface area contributed by atoms with E-state index in [1.165, 1.54) is 14.2 Å². The van der Waals surface area contributed by atoms with Crippen molar-refractivity contribution >= 4 is 11.9 Å². The number of aliphatic carboxylic acids is 1. The Balaban J connectivity index is 3.64. The molecule has 1 atom stereocenters. The van der Waals surface area contributed by atoms with E-state index in [9.17, 15) is 9.59 Å². The molecule has 5 heteroatoms. The molecular weight excluding hydrogens is 186 g/mol. The average molecular weight is 203 g/mol. The van der Waals surface area contributed by atoms with Crippen molar-refractivity contribution < 1.29 is 19.5 Å². The topological polar surface area (TPSA) is 66.8 Å². The molecule has 0 aliphatic heterocycles. The van der Waals surface area contributed by atoms with Crippen LogP contribution in [0.15, 0.2) is 0 Å².